The number of aromatic hydroxyl groups is 1. The van der Waals surface area contributed by atoms with Crippen LogP contribution >= 0.6 is 0 Å². The number of benzene rings is 2. The van der Waals surface area contributed by atoms with Crippen LogP contribution in [0.15, 0.2) is 59.5 Å². The topological polar surface area (TPSA) is 96.3 Å². The third kappa shape index (κ3) is 3.34. The summed E-state index contributed by atoms with van der Waals surface area (Å²) < 4.78 is 6.97. The van der Waals surface area contributed by atoms with E-state index in [0.717, 1.165) is 30.0 Å². The van der Waals surface area contributed by atoms with Crippen LogP contribution < -0.4 is 10.3 Å². The molecule has 0 aliphatic carbocycles. The van der Waals surface area contributed by atoms with Gasteiger partial charge in [-0.2, -0.15) is 0 Å². The minimum Gasteiger partial charge on any atom is -0.508 e. The molecule has 1 fully saturated rings. The van der Waals surface area contributed by atoms with Crippen molar-refractivity contribution in [2.45, 2.75) is 0 Å². The van der Waals surface area contributed by atoms with Crippen molar-refractivity contribution in [3.05, 3.63) is 65.0 Å². The van der Waals surface area contributed by atoms with Gasteiger partial charge in [0.05, 0.1) is 30.6 Å². The summed E-state index contributed by atoms with van der Waals surface area (Å²) in [6, 6.07) is 14.1. The first-order valence-corrected chi connectivity index (χ1v) is 9.39. The molecule has 1 aliphatic heterocycles. The molecule has 8 nitrogen and oxygen atoms in total. The van der Waals surface area contributed by atoms with Gasteiger partial charge in [0.15, 0.2) is 5.43 Å². The minimum atomic E-state index is -0.0394. The second-order valence-corrected chi connectivity index (χ2v) is 6.95. The molecule has 0 bridgehead atoms. The van der Waals surface area contributed by atoms with E-state index in [-0.39, 0.29) is 11.2 Å². The summed E-state index contributed by atoms with van der Waals surface area (Å²) in [4.78, 5) is 18.2. The van der Waals surface area contributed by atoms with Crippen molar-refractivity contribution in [1.29, 1.82) is 0 Å². The molecule has 0 unspecified atom stereocenters. The average Bonchev–Trinajstić information content (AvgIpc) is 3.24. The molecule has 1 aliphatic rings. The number of nitrogens with one attached hydrogen (secondary N) is 1. The largest absolute Gasteiger partial charge is 0.508 e. The van der Waals surface area contributed by atoms with Gasteiger partial charge in [-0.1, -0.05) is 17.3 Å². The van der Waals surface area contributed by atoms with E-state index in [2.05, 4.69) is 20.2 Å². The number of hydrogen-bond donors (Lipinski definition) is 2. The summed E-state index contributed by atoms with van der Waals surface area (Å²) in [6.07, 6.45) is 1.77. The first-order chi connectivity index (χ1) is 14.2. The number of H-pyrrole nitrogens is 1. The maximum atomic E-state index is 12.7. The van der Waals surface area contributed by atoms with Gasteiger partial charge in [0, 0.05) is 36.2 Å². The summed E-state index contributed by atoms with van der Waals surface area (Å²) in [5.41, 5.74) is 2.89. The molecule has 0 spiro atoms. The lowest BCUT2D eigenvalue weighted by Gasteiger charge is -2.28. The standard InChI is InChI=1S/C21H19N5O3/c27-16-3-1-2-15(11-16)26-13-19(23-24-26)14-4-5-18-17(10-14)20(28)12-21(22-18)25-6-8-29-9-7-25/h1-5,10-13,27H,6-9H2,(H,22,28). The molecule has 3 heterocycles. The number of phenolic OH excluding ortho intramolecular Hbond substituents is 1. The third-order valence-electron chi connectivity index (χ3n) is 5.05. The Bertz CT molecular complexity index is 1240. The molecule has 2 aromatic carbocycles. The molecule has 2 aromatic heterocycles. The van der Waals surface area contributed by atoms with Crippen LogP contribution in [0.2, 0.25) is 0 Å². The van der Waals surface area contributed by atoms with E-state index >= 15 is 0 Å². The number of pyridine rings is 1. The lowest BCUT2D eigenvalue weighted by atomic mass is 10.1. The smallest absolute Gasteiger partial charge is 0.191 e. The molecule has 5 rings (SSSR count). The molecule has 0 atom stereocenters. The van der Waals surface area contributed by atoms with E-state index in [1.165, 1.54) is 0 Å². The Kier molecular flexibility index (Phi) is 4.25. The lowest BCUT2D eigenvalue weighted by molar-refractivity contribution is 0.122. The third-order valence-corrected chi connectivity index (χ3v) is 5.05. The van der Waals surface area contributed by atoms with E-state index in [4.69, 9.17) is 4.74 Å². The highest BCUT2D eigenvalue weighted by Crippen LogP contribution is 2.23. The fourth-order valence-electron chi connectivity index (χ4n) is 3.52. The highest BCUT2D eigenvalue weighted by atomic mass is 16.5. The number of morpholine rings is 1. The predicted molar refractivity (Wildman–Crippen MR) is 110 cm³/mol. The number of nitrogens with zero attached hydrogens (tertiary/aromatic N) is 4. The van der Waals surface area contributed by atoms with Gasteiger partial charge in [0.25, 0.3) is 0 Å². The number of rotatable bonds is 3. The van der Waals surface area contributed by atoms with Crippen LogP contribution in [0.3, 0.4) is 0 Å². The van der Waals surface area contributed by atoms with Gasteiger partial charge in [-0.3, -0.25) is 4.79 Å². The van der Waals surface area contributed by atoms with Crippen LogP contribution in [0, 0.1) is 0 Å². The van der Waals surface area contributed by atoms with E-state index in [9.17, 15) is 9.90 Å². The predicted octanol–water partition coefficient (Wildman–Crippen LogP) is 2.32. The van der Waals surface area contributed by atoms with Crippen molar-refractivity contribution < 1.29 is 9.84 Å². The Hall–Kier alpha value is -3.65. The molecule has 0 amide bonds. The summed E-state index contributed by atoms with van der Waals surface area (Å²) in [7, 11) is 0. The Balaban J connectivity index is 1.50. The van der Waals surface area contributed by atoms with E-state index in [1.807, 2.05) is 24.3 Å². The number of aromatic nitrogens is 4. The minimum absolute atomic E-state index is 0.0394. The van der Waals surface area contributed by atoms with Crippen molar-refractivity contribution in [1.82, 2.24) is 20.0 Å². The molecule has 4 aromatic rings. The molecular weight excluding hydrogens is 370 g/mol. The zero-order valence-electron chi connectivity index (χ0n) is 15.6. The Labute approximate surface area is 166 Å². The van der Waals surface area contributed by atoms with Crippen LogP contribution in [0.4, 0.5) is 5.82 Å². The zero-order chi connectivity index (χ0) is 19.8. The lowest BCUT2D eigenvalue weighted by Crippen LogP contribution is -2.37. The Morgan fingerprint density at radius 3 is 2.76 bits per heavy atom. The van der Waals surface area contributed by atoms with E-state index < -0.39 is 0 Å². The fraction of sp³-hybridized carbons (Fsp3) is 0.190. The normalized spacial score (nSPS) is 14.4. The summed E-state index contributed by atoms with van der Waals surface area (Å²) in [5.74, 6) is 0.973. The Morgan fingerprint density at radius 1 is 1.07 bits per heavy atom. The summed E-state index contributed by atoms with van der Waals surface area (Å²) in [6.45, 7) is 2.84. The second kappa shape index (κ2) is 7.06. The quantitative estimate of drug-likeness (QED) is 0.558. The van der Waals surface area contributed by atoms with Gasteiger partial charge in [-0.15, -0.1) is 5.10 Å². The molecule has 146 valence electrons. The van der Waals surface area contributed by atoms with Gasteiger partial charge >= 0.3 is 0 Å². The van der Waals surface area contributed by atoms with Crippen LogP contribution in [-0.4, -0.2) is 51.4 Å². The molecule has 29 heavy (non-hydrogen) atoms. The van der Waals surface area contributed by atoms with Gasteiger partial charge in [-0.05, 0) is 24.3 Å². The zero-order valence-corrected chi connectivity index (χ0v) is 15.6. The van der Waals surface area contributed by atoms with Gasteiger partial charge in [0.2, 0.25) is 0 Å². The van der Waals surface area contributed by atoms with Crippen molar-refractivity contribution in [3.8, 4) is 22.7 Å². The molecule has 0 saturated carbocycles. The van der Waals surface area contributed by atoms with E-state index in [0.29, 0.717) is 30.0 Å². The number of fused-ring (bicyclic) bond motifs is 1. The number of phenols is 1. The first kappa shape index (κ1) is 17.4. The monoisotopic (exact) mass is 389 g/mol. The molecule has 0 radical (unpaired) electrons. The Morgan fingerprint density at radius 2 is 1.93 bits per heavy atom. The first-order valence-electron chi connectivity index (χ1n) is 9.39. The van der Waals surface area contributed by atoms with Crippen molar-refractivity contribution in [2.24, 2.45) is 0 Å². The number of anilines is 1. The molecule has 1 saturated heterocycles. The van der Waals surface area contributed by atoms with Gasteiger partial charge in [0.1, 0.15) is 17.3 Å². The van der Waals surface area contributed by atoms with E-state index in [1.54, 1.807) is 35.1 Å². The summed E-state index contributed by atoms with van der Waals surface area (Å²) in [5, 5.41) is 18.6. The van der Waals surface area contributed by atoms with Crippen molar-refractivity contribution in [2.75, 3.05) is 31.2 Å². The van der Waals surface area contributed by atoms with Gasteiger partial charge < -0.3 is 19.7 Å². The van der Waals surface area contributed by atoms with Crippen LogP contribution in [0.5, 0.6) is 5.75 Å². The summed E-state index contributed by atoms with van der Waals surface area (Å²) >= 11 is 0. The maximum absolute atomic E-state index is 12.7. The van der Waals surface area contributed by atoms with Crippen LogP contribution in [-0.2, 0) is 4.74 Å². The molecular formula is C21H19N5O3. The fourth-order valence-corrected chi connectivity index (χ4v) is 3.52. The SMILES string of the molecule is O=c1cc(N2CCOCC2)[nH]c2ccc(-c3cn(-c4cccc(O)c4)nn3)cc12. The van der Waals surface area contributed by atoms with Crippen LogP contribution in [0.25, 0.3) is 27.8 Å². The number of hydrogen-bond acceptors (Lipinski definition) is 6. The molecule has 8 heteroatoms. The number of aromatic amines is 1. The van der Waals surface area contributed by atoms with Crippen LogP contribution in [0.1, 0.15) is 0 Å². The maximum Gasteiger partial charge on any atom is 0.191 e. The highest BCUT2D eigenvalue weighted by Gasteiger charge is 2.14. The van der Waals surface area contributed by atoms with Crippen molar-refractivity contribution >= 4 is 16.7 Å². The molecule has 2 N–H and O–H groups in total. The van der Waals surface area contributed by atoms with Gasteiger partial charge in [-0.25, -0.2) is 4.68 Å². The number of ether oxygens (including phenoxy) is 1. The average molecular weight is 389 g/mol. The second-order valence-electron chi connectivity index (χ2n) is 6.95. The highest BCUT2D eigenvalue weighted by molar-refractivity contribution is 5.85. The van der Waals surface area contributed by atoms with Crippen molar-refractivity contribution in [3.63, 3.8) is 0 Å².